The van der Waals surface area contributed by atoms with Crippen LogP contribution in [0, 0.1) is 11.8 Å². The molecule has 14 heteroatoms. The first-order chi connectivity index (χ1) is 19.7. The van der Waals surface area contributed by atoms with Crippen LogP contribution in [0.2, 0.25) is 0 Å². The first kappa shape index (κ1) is 36.8. The molecule has 0 radical (unpaired) electrons. The van der Waals surface area contributed by atoms with Crippen molar-refractivity contribution >= 4 is 35.6 Å². The molecule has 14 nitrogen and oxygen atoms in total. The molecule has 1 heterocycles. The Hall–Kier alpha value is -3.26. The van der Waals surface area contributed by atoms with Gasteiger partial charge in [-0.15, -0.1) is 0 Å². The molecule has 1 saturated heterocycles. The van der Waals surface area contributed by atoms with Crippen molar-refractivity contribution in [2.24, 2.45) is 23.3 Å². The number of amides is 4. The Morgan fingerprint density at radius 1 is 0.810 bits per heavy atom. The first-order valence-corrected chi connectivity index (χ1v) is 14.8. The normalized spacial score (nSPS) is 17.8. The maximum atomic E-state index is 13.5. The van der Waals surface area contributed by atoms with Gasteiger partial charge in [0, 0.05) is 13.0 Å². The number of nitrogens with two attached hydrogens (primary N) is 2. The van der Waals surface area contributed by atoms with Gasteiger partial charge in [0.25, 0.3) is 0 Å². The largest absolute Gasteiger partial charge is 0.481 e. The molecule has 0 aromatic carbocycles. The topological polar surface area (TPSA) is 234 Å². The number of carboxylic acids is 2. The number of carbonyl (C=O) groups excluding carboxylic acids is 4. The molecule has 4 amide bonds. The number of unbranched alkanes of at least 4 members (excludes halogenated alkanes) is 1. The molecule has 0 bridgehead atoms. The van der Waals surface area contributed by atoms with Crippen LogP contribution in [0.25, 0.3) is 0 Å². The van der Waals surface area contributed by atoms with Gasteiger partial charge < -0.3 is 42.5 Å². The molecule has 0 aromatic rings. The van der Waals surface area contributed by atoms with E-state index in [1.807, 2.05) is 27.7 Å². The van der Waals surface area contributed by atoms with Gasteiger partial charge in [-0.05, 0) is 69.7 Å². The van der Waals surface area contributed by atoms with E-state index in [9.17, 15) is 39.0 Å². The first-order valence-electron chi connectivity index (χ1n) is 14.8. The predicted molar refractivity (Wildman–Crippen MR) is 155 cm³/mol. The van der Waals surface area contributed by atoms with Gasteiger partial charge in [-0.2, -0.15) is 0 Å². The molecular weight excluding hydrogens is 548 g/mol. The molecule has 9 N–H and O–H groups in total. The predicted octanol–water partition coefficient (Wildman–Crippen LogP) is -0.0703. The van der Waals surface area contributed by atoms with E-state index in [0.29, 0.717) is 32.2 Å². The summed E-state index contributed by atoms with van der Waals surface area (Å²) in [6.07, 6.45) is 2.08. The van der Waals surface area contributed by atoms with E-state index in [-0.39, 0.29) is 44.1 Å². The molecule has 0 unspecified atom stereocenters. The third kappa shape index (κ3) is 12.7. The minimum atomic E-state index is -1.30. The summed E-state index contributed by atoms with van der Waals surface area (Å²) in [6, 6.07) is -5.26. The lowest BCUT2D eigenvalue weighted by atomic mass is 10.00. The van der Waals surface area contributed by atoms with Crippen LogP contribution in [0.15, 0.2) is 0 Å². The van der Waals surface area contributed by atoms with Gasteiger partial charge in [-0.1, -0.05) is 27.7 Å². The minimum absolute atomic E-state index is 0.0612. The minimum Gasteiger partial charge on any atom is -0.481 e. The zero-order valence-electron chi connectivity index (χ0n) is 25.3. The number of carbonyl (C=O) groups is 6. The van der Waals surface area contributed by atoms with E-state index in [2.05, 4.69) is 16.0 Å². The summed E-state index contributed by atoms with van der Waals surface area (Å²) >= 11 is 0. The van der Waals surface area contributed by atoms with E-state index in [1.165, 1.54) is 0 Å². The molecule has 5 atom stereocenters. The van der Waals surface area contributed by atoms with Crippen LogP contribution in [0.4, 0.5) is 0 Å². The molecule has 42 heavy (non-hydrogen) atoms. The van der Waals surface area contributed by atoms with Crippen LogP contribution in [0.5, 0.6) is 0 Å². The molecule has 0 aromatic heterocycles. The summed E-state index contributed by atoms with van der Waals surface area (Å²) in [5.74, 6) is -4.74. The van der Waals surface area contributed by atoms with Gasteiger partial charge in [-0.25, -0.2) is 4.79 Å². The molecule has 1 fully saturated rings. The molecule has 1 aliphatic heterocycles. The summed E-state index contributed by atoms with van der Waals surface area (Å²) < 4.78 is 0. The Balaban J connectivity index is 3.14. The summed E-state index contributed by atoms with van der Waals surface area (Å²) in [5, 5.41) is 26.7. The highest BCUT2D eigenvalue weighted by Crippen LogP contribution is 2.20. The summed E-state index contributed by atoms with van der Waals surface area (Å²) in [4.78, 5) is 76.9. The van der Waals surface area contributed by atoms with E-state index >= 15 is 0 Å². The Labute approximate surface area is 247 Å². The van der Waals surface area contributed by atoms with Crippen molar-refractivity contribution in [3.8, 4) is 0 Å². The Kier molecular flexibility index (Phi) is 16.0. The van der Waals surface area contributed by atoms with Gasteiger partial charge in [0.15, 0.2) is 0 Å². The van der Waals surface area contributed by atoms with E-state index in [4.69, 9.17) is 11.5 Å². The van der Waals surface area contributed by atoms with Crippen molar-refractivity contribution in [2.45, 2.75) is 116 Å². The van der Waals surface area contributed by atoms with Crippen molar-refractivity contribution in [1.29, 1.82) is 0 Å². The van der Waals surface area contributed by atoms with Crippen molar-refractivity contribution in [3.05, 3.63) is 0 Å². The average Bonchev–Trinajstić information content (AvgIpc) is 3.39. The third-order valence-corrected chi connectivity index (χ3v) is 7.06. The van der Waals surface area contributed by atoms with Crippen LogP contribution in [-0.4, -0.2) is 94.0 Å². The number of hydrogen-bond donors (Lipinski definition) is 7. The second-order valence-electron chi connectivity index (χ2n) is 11.8. The van der Waals surface area contributed by atoms with Gasteiger partial charge in [0.2, 0.25) is 23.6 Å². The van der Waals surface area contributed by atoms with Gasteiger partial charge >= 0.3 is 11.9 Å². The zero-order chi connectivity index (χ0) is 32.0. The average molecular weight is 599 g/mol. The molecule has 1 rings (SSSR count). The number of hydrogen-bond acceptors (Lipinski definition) is 8. The van der Waals surface area contributed by atoms with Crippen LogP contribution in [0.3, 0.4) is 0 Å². The lowest BCUT2D eigenvalue weighted by Crippen LogP contribution is -2.58. The van der Waals surface area contributed by atoms with Gasteiger partial charge in [0.05, 0.1) is 6.04 Å². The van der Waals surface area contributed by atoms with E-state index < -0.39 is 72.2 Å². The van der Waals surface area contributed by atoms with Crippen LogP contribution in [0.1, 0.15) is 85.5 Å². The number of likely N-dealkylation sites (tertiary alicyclic amines) is 1. The van der Waals surface area contributed by atoms with Crippen molar-refractivity contribution in [2.75, 3.05) is 13.1 Å². The van der Waals surface area contributed by atoms with Gasteiger partial charge in [-0.3, -0.25) is 24.0 Å². The fraction of sp³-hybridized carbons (Fsp3) is 0.786. The summed E-state index contributed by atoms with van der Waals surface area (Å²) in [6.45, 7) is 8.10. The van der Waals surface area contributed by atoms with Crippen LogP contribution >= 0.6 is 0 Å². The molecular formula is C28H50N6O8. The fourth-order valence-corrected chi connectivity index (χ4v) is 4.92. The Morgan fingerprint density at radius 3 is 1.93 bits per heavy atom. The van der Waals surface area contributed by atoms with Crippen molar-refractivity contribution in [1.82, 2.24) is 20.9 Å². The number of nitrogens with zero attached hydrogens (tertiary/aromatic N) is 1. The monoisotopic (exact) mass is 598 g/mol. The summed E-state index contributed by atoms with van der Waals surface area (Å²) in [5.41, 5.74) is 11.6. The van der Waals surface area contributed by atoms with Crippen LogP contribution < -0.4 is 27.4 Å². The van der Waals surface area contributed by atoms with E-state index in [1.54, 1.807) is 0 Å². The number of nitrogens with one attached hydrogen (secondary N) is 3. The van der Waals surface area contributed by atoms with Crippen molar-refractivity contribution < 1.29 is 39.0 Å². The standard InChI is InChI=1S/C28H50N6O8/c1-16(2)14-18(30)24(37)31-19(8-5-6-12-29)25(38)33-21(15-17(3)4)26(39)32-20(10-11-23(35)36)27(40)34-13-7-9-22(34)28(41)42/h16-22H,5-15,29-30H2,1-4H3,(H,31,37)(H,32,39)(H,33,38)(H,35,36)(H,41,42)/t18-,19-,20-,21-,22-/m0/s1. The highest BCUT2D eigenvalue weighted by Gasteiger charge is 2.38. The Bertz CT molecular complexity index is 943. The van der Waals surface area contributed by atoms with Gasteiger partial charge in [0.1, 0.15) is 24.2 Å². The smallest absolute Gasteiger partial charge is 0.326 e. The van der Waals surface area contributed by atoms with Crippen LogP contribution in [-0.2, 0) is 28.8 Å². The third-order valence-electron chi connectivity index (χ3n) is 7.06. The zero-order valence-corrected chi connectivity index (χ0v) is 25.3. The lowest BCUT2D eigenvalue weighted by molar-refractivity contribution is -0.150. The lowest BCUT2D eigenvalue weighted by Gasteiger charge is -2.29. The number of rotatable bonds is 19. The number of carboxylic acid groups (broad SMARTS) is 2. The SMILES string of the molecule is CC(C)C[C@H](NC(=O)[C@H](CCCCN)NC(=O)[C@@H](N)CC(C)C)C(=O)N[C@@H](CCC(=O)O)C(=O)N1CCC[C@H]1C(=O)O. The quantitative estimate of drug-likeness (QED) is 0.0977. The summed E-state index contributed by atoms with van der Waals surface area (Å²) in [7, 11) is 0. The molecule has 0 aliphatic carbocycles. The maximum Gasteiger partial charge on any atom is 0.326 e. The number of aliphatic carboxylic acids is 2. The maximum absolute atomic E-state index is 13.5. The molecule has 240 valence electrons. The Morgan fingerprint density at radius 2 is 1.38 bits per heavy atom. The van der Waals surface area contributed by atoms with Crippen molar-refractivity contribution in [3.63, 3.8) is 0 Å². The second-order valence-corrected chi connectivity index (χ2v) is 11.8. The molecule has 0 spiro atoms. The molecule has 0 saturated carbocycles. The van der Waals surface area contributed by atoms with E-state index in [0.717, 1.165) is 4.90 Å². The fourth-order valence-electron chi connectivity index (χ4n) is 4.92. The highest BCUT2D eigenvalue weighted by molar-refractivity contribution is 5.95. The molecule has 1 aliphatic rings. The highest BCUT2D eigenvalue weighted by atomic mass is 16.4. The second kappa shape index (κ2) is 18.3.